The smallest absolute Gasteiger partial charge is 0.185 e. The lowest BCUT2D eigenvalue weighted by Gasteiger charge is -2.08. The lowest BCUT2D eigenvalue weighted by atomic mass is 10.1. The highest BCUT2D eigenvalue weighted by atomic mass is 16.5. The van der Waals surface area contributed by atoms with Gasteiger partial charge in [-0.25, -0.2) is 0 Å². The summed E-state index contributed by atoms with van der Waals surface area (Å²) in [6.45, 7) is 6.90. The van der Waals surface area contributed by atoms with Crippen molar-refractivity contribution in [2.24, 2.45) is 5.92 Å². The minimum atomic E-state index is 0.0113. The van der Waals surface area contributed by atoms with Crippen LogP contribution >= 0.6 is 0 Å². The lowest BCUT2D eigenvalue weighted by molar-refractivity contribution is 0.104. The summed E-state index contributed by atoms with van der Waals surface area (Å²) in [5.41, 5.74) is 2.76. The molecule has 0 aliphatic carbocycles. The summed E-state index contributed by atoms with van der Waals surface area (Å²) in [5.74, 6) is 1.33. The van der Waals surface area contributed by atoms with Crippen LogP contribution in [0.2, 0.25) is 0 Å². The number of hydrogen-bond acceptors (Lipinski definition) is 2. The van der Waals surface area contributed by atoms with Crippen molar-refractivity contribution < 1.29 is 9.53 Å². The number of carbonyl (C=O) groups excluding carboxylic acids is 1. The fourth-order valence-electron chi connectivity index (χ4n) is 2.04. The summed E-state index contributed by atoms with van der Waals surface area (Å²) in [5, 5.41) is 0. The molecular weight excluding hydrogens is 272 g/mol. The quantitative estimate of drug-likeness (QED) is 0.558. The number of ketones is 1. The van der Waals surface area contributed by atoms with E-state index in [-0.39, 0.29) is 5.78 Å². The van der Waals surface area contributed by atoms with Gasteiger partial charge in [-0.2, -0.15) is 0 Å². The molecule has 0 fully saturated rings. The van der Waals surface area contributed by atoms with Crippen LogP contribution in [0, 0.1) is 12.8 Å². The van der Waals surface area contributed by atoms with Crippen LogP contribution in [0.5, 0.6) is 5.75 Å². The predicted molar refractivity (Wildman–Crippen MR) is 91.3 cm³/mol. The normalized spacial score (nSPS) is 11.1. The van der Waals surface area contributed by atoms with Crippen LogP contribution in [-0.2, 0) is 0 Å². The molecule has 2 rings (SSSR count). The summed E-state index contributed by atoms with van der Waals surface area (Å²) in [4.78, 5) is 12.2. The van der Waals surface area contributed by atoms with Crippen molar-refractivity contribution in [3.05, 3.63) is 71.3 Å². The third-order valence-corrected chi connectivity index (χ3v) is 3.17. The fourth-order valence-corrected chi connectivity index (χ4v) is 2.04. The van der Waals surface area contributed by atoms with E-state index in [0.717, 1.165) is 16.9 Å². The molecule has 22 heavy (non-hydrogen) atoms. The monoisotopic (exact) mass is 294 g/mol. The first kappa shape index (κ1) is 16.0. The topological polar surface area (TPSA) is 26.3 Å². The first-order chi connectivity index (χ1) is 10.5. The second kappa shape index (κ2) is 7.60. The second-order valence-electron chi connectivity index (χ2n) is 5.84. The zero-order valence-electron chi connectivity index (χ0n) is 13.4. The van der Waals surface area contributed by atoms with Crippen LogP contribution in [0.1, 0.15) is 35.3 Å². The van der Waals surface area contributed by atoms with Gasteiger partial charge in [0.05, 0.1) is 6.61 Å². The van der Waals surface area contributed by atoms with E-state index in [9.17, 15) is 4.79 Å². The SMILES string of the molecule is Cc1cccc(C(=O)/C=C/c2cccc(OCC(C)C)c2)c1. The molecule has 0 atom stereocenters. The maximum absolute atomic E-state index is 12.2. The van der Waals surface area contributed by atoms with E-state index in [1.807, 2.05) is 61.5 Å². The first-order valence-corrected chi connectivity index (χ1v) is 7.56. The molecule has 0 bridgehead atoms. The van der Waals surface area contributed by atoms with Crippen molar-refractivity contribution in [2.45, 2.75) is 20.8 Å². The summed E-state index contributed by atoms with van der Waals surface area (Å²) < 4.78 is 5.70. The van der Waals surface area contributed by atoms with E-state index >= 15 is 0 Å². The van der Waals surface area contributed by atoms with Gasteiger partial charge < -0.3 is 4.74 Å². The van der Waals surface area contributed by atoms with Gasteiger partial charge in [0.15, 0.2) is 5.78 Å². The molecule has 0 N–H and O–H groups in total. The van der Waals surface area contributed by atoms with Crippen LogP contribution in [0.4, 0.5) is 0 Å². The summed E-state index contributed by atoms with van der Waals surface area (Å²) in [7, 11) is 0. The molecule has 2 heteroatoms. The Morgan fingerprint density at radius 2 is 1.91 bits per heavy atom. The molecule has 0 unspecified atom stereocenters. The van der Waals surface area contributed by atoms with Gasteiger partial charge in [-0.1, -0.05) is 55.8 Å². The summed E-state index contributed by atoms with van der Waals surface area (Å²) in [6, 6.07) is 15.4. The zero-order valence-corrected chi connectivity index (χ0v) is 13.4. The number of rotatable bonds is 6. The Bertz CT molecular complexity index is 669. The Morgan fingerprint density at radius 3 is 2.64 bits per heavy atom. The van der Waals surface area contributed by atoms with Crippen LogP contribution in [0.15, 0.2) is 54.6 Å². The van der Waals surface area contributed by atoms with E-state index < -0.39 is 0 Å². The highest BCUT2D eigenvalue weighted by molar-refractivity contribution is 6.06. The van der Waals surface area contributed by atoms with Gasteiger partial charge in [0, 0.05) is 5.56 Å². The van der Waals surface area contributed by atoms with Crippen LogP contribution < -0.4 is 4.74 Å². The van der Waals surface area contributed by atoms with Gasteiger partial charge in [0.25, 0.3) is 0 Å². The number of ether oxygens (including phenoxy) is 1. The molecule has 0 saturated carbocycles. The number of hydrogen-bond donors (Lipinski definition) is 0. The van der Waals surface area contributed by atoms with Crippen molar-refractivity contribution in [1.82, 2.24) is 0 Å². The number of allylic oxidation sites excluding steroid dienone is 1. The van der Waals surface area contributed by atoms with Gasteiger partial charge in [-0.05, 0) is 42.7 Å². The predicted octanol–water partition coefficient (Wildman–Crippen LogP) is 4.93. The molecule has 0 radical (unpaired) electrons. The van der Waals surface area contributed by atoms with Crippen LogP contribution in [0.3, 0.4) is 0 Å². The zero-order chi connectivity index (χ0) is 15.9. The largest absolute Gasteiger partial charge is 0.493 e. The maximum atomic E-state index is 12.2. The van der Waals surface area contributed by atoms with Gasteiger partial charge in [0.2, 0.25) is 0 Å². The molecule has 0 aliphatic heterocycles. The Hall–Kier alpha value is -2.35. The number of carbonyl (C=O) groups is 1. The average molecular weight is 294 g/mol. The molecule has 0 aliphatic rings. The van der Waals surface area contributed by atoms with Gasteiger partial charge >= 0.3 is 0 Å². The highest BCUT2D eigenvalue weighted by Crippen LogP contribution is 2.16. The van der Waals surface area contributed by atoms with E-state index in [4.69, 9.17) is 4.74 Å². The highest BCUT2D eigenvalue weighted by Gasteiger charge is 2.02. The van der Waals surface area contributed by atoms with Gasteiger partial charge in [-0.15, -0.1) is 0 Å². The standard InChI is InChI=1S/C20H22O2/c1-15(2)14-22-19-9-5-7-17(13-19)10-11-20(21)18-8-4-6-16(3)12-18/h4-13,15H,14H2,1-3H3/b11-10+. The van der Waals surface area contributed by atoms with E-state index in [2.05, 4.69) is 13.8 Å². The minimum absolute atomic E-state index is 0.0113. The Kier molecular flexibility index (Phi) is 5.54. The molecule has 0 saturated heterocycles. The summed E-state index contributed by atoms with van der Waals surface area (Å²) in [6.07, 6.45) is 3.43. The molecule has 0 amide bonds. The Labute approximate surface area is 132 Å². The molecule has 2 nitrogen and oxygen atoms in total. The van der Waals surface area contributed by atoms with Gasteiger partial charge in [0.1, 0.15) is 5.75 Å². The van der Waals surface area contributed by atoms with E-state index in [0.29, 0.717) is 18.1 Å². The first-order valence-electron chi connectivity index (χ1n) is 7.56. The van der Waals surface area contributed by atoms with Gasteiger partial charge in [-0.3, -0.25) is 4.79 Å². The molecule has 2 aromatic rings. The molecule has 114 valence electrons. The molecule has 0 heterocycles. The third-order valence-electron chi connectivity index (χ3n) is 3.17. The number of benzene rings is 2. The Morgan fingerprint density at radius 1 is 1.14 bits per heavy atom. The molecule has 0 spiro atoms. The van der Waals surface area contributed by atoms with Crippen molar-refractivity contribution in [3.8, 4) is 5.75 Å². The maximum Gasteiger partial charge on any atom is 0.185 e. The van der Waals surface area contributed by atoms with Crippen LogP contribution in [-0.4, -0.2) is 12.4 Å². The van der Waals surface area contributed by atoms with E-state index in [1.54, 1.807) is 6.08 Å². The summed E-state index contributed by atoms with van der Waals surface area (Å²) >= 11 is 0. The lowest BCUT2D eigenvalue weighted by Crippen LogP contribution is -2.04. The minimum Gasteiger partial charge on any atom is -0.493 e. The third kappa shape index (κ3) is 4.88. The van der Waals surface area contributed by atoms with Crippen molar-refractivity contribution in [3.63, 3.8) is 0 Å². The molecule has 0 aromatic heterocycles. The molecular formula is C20H22O2. The van der Waals surface area contributed by atoms with Crippen LogP contribution in [0.25, 0.3) is 6.08 Å². The number of aryl methyl sites for hydroxylation is 1. The average Bonchev–Trinajstić information content (AvgIpc) is 2.51. The van der Waals surface area contributed by atoms with Crippen molar-refractivity contribution in [2.75, 3.05) is 6.61 Å². The second-order valence-corrected chi connectivity index (χ2v) is 5.84. The van der Waals surface area contributed by atoms with Crippen molar-refractivity contribution >= 4 is 11.9 Å². The molecule has 2 aromatic carbocycles. The fraction of sp³-hybridized carbons (Fsp3) is 0.250. The Balaban J connectivity index is 2.06. The van der Waals surface area contributed by atoms with Crippen molar-refractivity contribution in [1.29, 1.82) is 0 Å². The van der Waals surface area contributed by atoms with E-state index in [1.165, 1.54) is 0 Å².